The maximum atomic E-state index is 11.7. The molecule has 104 valence electrons. The topological polar surface area (TPSA) is 81.4 Å². The molecule has 0 bridgehead atoms. The lowest BCUT2D eigenvalue weighted by molar-refractivity contribution is -0.148. The third-order valence-corrected chi connectivity index (χ3v) is 2.91. The summed E-state index contributed by atoms with van der Waals surface area (Å²) >= 11 is 0. The van der Waals surface area contributed by atoms with Crippen LogP contribution in [0.4, 0.5) is 0 Å². The molecule has 1 rings (SSSR count). The number of hydrazine groups is 1. The highest BCUT2D eigenvalue weighted by molar-refractivity contribution is 5.83. The Labute approximate surface area is 113 Å². The van der Waals surface area contributed by atoms with Gasteiger partial charge in [-0.05, 0) is 11.5 Å². The summed E-state index contributed by atoms with van der Waals surface area (Å²) in [6, 6.07) is 9.40. The molecule has 0 radical (unpaired) electrons. The highest BCUT2D eigenvalue weighted by Gasteiger charge is 2.25. The Kier molecular flexibility index (Phi) is 6.02. The number of carbonyl (C=O) groups is 2. The van der Waals surface area contributed by atoms with Gasteiger partial charge in [-0.3, -0.25) is 15.0 Å². The third-order valence-electron chi connectivity index (χ3n) is 2.91. The summed E-state index contributed by atoms with van der Waals surface area (Å²) in [5.74, 6) is 3.92. The summed E-state index contributed by atoms with van der Waals surface area (Å²) in [6.07, 6.45) is 0.0353. The lowest BCUT2D eigenvalue weighted by atomic mass is 9.92. The molecule has 3 N–H and O–H groups in total. The van der Waals surface area contributed by atoms with Crippen LogP contribution >= 0.6 is 0 Å². The van der Waals surface area contributed by atoms with Gasteiger partial charge >= 0.3 is 5.97 Å². The van der Waals surface area contributed by atoms with E-state index in [4.69, 9.17) is 10.6 Å². The number of ether oxygens (including phenoxy) is 1. The fourth-order valence-corrected chi connectivity index (χ4v) is 1.71. The van der Waals surface area contributed by atoms with E-state index in [1.807, 2.05) is 44.2 Å². The van der Waals surface area contributed by atoms with E-state index < -0.39 is 11.9 Å². The molecule has 0 fully saturated rings. The van der Waals surface area contributed by atoms with Gasteiger partial charge in [0.1, 0.15) is 6.61 Å². The summed E-state index contributed by atoms with van der Waals surface area (Å²) in [5.41, 5.74) is 3.00. The third kappa shape index (κ3) is 5.09. The van der Waals surface area contributed by atoms with E-state index in [1.165, 1.54) is 0 Å². The first kappa shape index (κ1) is 15.2. The summed E-state index contributed by atoms with van der Waals surface area (Å²) in [6.45, 7) is 3.95. The standard InChI is InChI=1S/C14H20N2O3/c1-10(2)12(14(18)16-15)8-13(17)19-9-11-6-4-3-5-7-11/h3-7,10,12H,8-9,15H2,1-2H3,(H,16,18)/t12-/m0/s1. The van der Waals surface area contributed by atoms with Gasteiger partial charge in [-0.15, -0.1) is 0 Å². The number of carbonyl (C=O) groups excluding carboxylic acids is 2. The molecule has 0 saturated heterocycles. The molecule has 1 atom stereocenters. The van der Waals surface area contributed by atoms with E-state index >= 15 is 0 Å². The molecule has 0 aliphatic rings. The molecule has 0 unspecified atom stereocenters. The molecule has 1 amide bonds. The van der Waals surface area contributed by atoms with E-state index in [2.05, 4.69) is 5.43 Å². The van der Waals surface area contributed by atoms with Crippen molar-refractivity contribution in [2.24, 2.45) is 17.7 Å². The Morgan fingerprint density at radius 1 is 1.26 bits per heavy atom. The van der Waals surface area contributed by atoms with Crippen LogP contribution in [0.5, 0.6) is 0 Å². The first-order chi connectivity index (χ1) is 9.04. The maximum absolute atomic E-state index is 11.7. The summed E-state index contributed by atoms with van der Waals surface area (Å²) in [5, 5.41) is 0. The number of hydrogen-bond donors (Lipinski definition) is 2. The van der Waals surface area contributed by atoms with Gasteiger partial charge in [0, 0.05) is 0 Å². The van der Waals surface area contributed by atoms with Gasteiger partial charge in [0.05, 0.1) is 12.3 Å². The van der Waals surface area contributed by atoms with Crippen LogP contribution in [0, 0.1) is 11.8 Å². The number of amides is 1. The smallest absolute Gasteiger partial charge is 0.306 e. The minimum Gasteiger partial charge on any atom is -0.461 e. The Morgan fingerprint density at radius 2 is 1.89 bits per heavy atom. The summed E-state index contributed by atoms with van der Waals surface area (Å²) in [7, 11) is 0. The normalized spacial score (nSPS) is 12.0. The molecular formula is C14H20N2O3. The van der Waals surface area contributed by atoms with Gasteiger partial charge < -0.3 is 4.74 Å². The quantitative estimate of drug-likeness (QED) is 0.352. The predicted molar refractivity (Wildman–Crippen MR) is 71.5 cm³/mol. The average Bonchev–Trinajstić information content (AvgIpc) is 2.42. The summed E-state index contributed by atoms with van der Waals surface area (Å²) in [4.78, 5) is 23.2. The minimum absolute atomic E-state index is 0.0211. The van der Waals surface area contributed by atoms with Gasteiger partial charge in [-0.1, -0.05) is 44.2 Å². The highest BCUT2D eigenvalue weighted by Crippen LogP contribution is 2.16. The van der Waals surface area contributed by atoms with Gasteiger partial charge in [-0.2, -0.15) is 0 Å². The van der Waals surface area contributed by atoms with E-state index in [1.54, 1.807) is 0 Å². The van der Waals surface area contributed by atoms with Crippen molar-refractivity contribution in [2.45, 2.75) is 26.9 Å². The van der Waals surface area contributed by atoms with Crippen molar-refractivity contribution < 1.29 is 14.3 Å². The zero-order valence-corrected chi connectivity index (χ0v) is 11.3. The maximum Gasteiger partial charge on any atom is 0.306 e. The van der Waals surface area contributed by atoms with Crippen LogP contribution in [-0.4, -0.2) is 11.9 Å². The van der Waals surface area contributed by atoms with Gasteiger partial charge in [0.15, 0.2) is 0 Å². The van der Waals surface area contributed by atoms with E-state index in [0.29, 0.717) is 0 Å². The molecule has 0 aliphatic heterocycles. The molecule has 0 aliphatic carbocycles. The minimum atomic E-state index is -0.465. The fourth-order valence-electron chi connectivity index (χ4n) is 1.71. The molecule has 19 heavy (non-hydrogen) atoms. The van der Waals surface area contributed by atoms with Gasteiger partial charge in [0.25, 0.3) is 0 Å². The Morgan fingerprint density at radius 3 is 2.42 bits per heavy atom. The Bertz CT molecular complexity index is 418. The van der Waals surface area contributed by atoms with Crippen molar-refractivity contribution in [1.29, 1.82) is 0 Å². The van der Waals surface area contributed by atoms with Crippen LogP contribution in [0.25, 0.3) is 0 Å². The number of rotatable bonds is 6. The van der Waals surface area contributed by atoms with Crippen molar-refractivity contribution in [2.75, 3.05) is 0 Å². The lowest BCUT2D eigenvalue weighted by Crippen LogP contribution is -2.39. The largest absolute Gasteiger partial charge is 0.461 e. The molecule has 5 heteroatoms. The number of hydrogen-bond acceptors (Lipinski definition) is 4. The number of nitrogens with two attached hydrogens (primary N) is 1. The first-order valence-corrected chi connectivity index (χ1v) is 6.24. The van der Waals surface area contributed by atoms with Crippen molar-refractivity contribution in [3.05, 3.63) is 35.9 Å². The van der Waals surface area contributed by atoms with Crippen molar-refractivity contribution in [3.8, 4) is 0 Å². The van der Waals surface area contributed by atoms with Crippen LogP contribution in [0.2, 0.25) is 0 Å². The van der Waals surface area contributed by atoms with Crippen LogP contribution in [0.1, 0.15) is 25.8 Å². The van der Waals surface area contributed by atoms with Crippen LogP contribution in [0.15, 0.2) is 30.3 Å². The Balaban J connectivity index is 2.47. The molecule has 0 aromatic heterocycles. The zero-order valence-electron chi connectivity index (χ0n) is 11.3. The Hall–Kier alpha value is -1.88. The second-order valence-corrected chi connectivity index (χ2v) is 4.71. The van der Waals surface area contributed by atoms with Crippen LogP contribution in [-0.2, 0) is 20.9 Å². The lowest BCUT2D eigenvalue weighted by Gasteiger charge is -2.17. The predicted octanol–water partition coefficient (Wildman–Crippen LogP) is 1.38. The number of nitrogens with one attached hydrogen (secondary N) is 1. The van der Waals surface area contributed by atoms with Crippen LogP contribution < -0.4 is 11.3 Å². The fraction of sp³-hybridized carbons (Fsp3) is 0.429. The van der Waals surface area contributed by atoms with E-state index in [9.17, 15) is 9.59 Å². The molecule has 0 heterocycles. The van der Waals surface area contributed by atoms with Crippen molar-refractivity contribution in [1.82, 2.24) is 5.43 Å². The highest BCUT2D eigenvalue weighted by atomic mass is 16.5. The van der Waals surface area contributed by atoms with Crippen molar-refractivity contribution >= 4 is 11.9 Å². The molecule has 0 saturated carbocycles. The summed E-state index contributed by atoms with van der Waals surface area (Å²) < 4.78 is 5.14. The van der Waals surface area contributed by atoms with Gasteiger partial charge in [-0.25, -0.2) is 5.84 Å². The van der Waals surface area contributed by atoms with E-state index in [-0.39, 0.29) is 24.9 Å². The molecule has 1 aromatic carbocycles. The monoisotopic (exact) mass is 264 g/mol. The SMILES string of the molecule is CC(C)[C@H](CC(=O)OCc1ccccc1)C(=O)NN. The molecule has 0 spiro atoms. The van der Waals surface area contributed by atoms with Gasteiger partial charge in [0.2, 0.25) is 5.91 Å². The van der Waals surface area contributed by atoms with Crippen LogP contribution in [0.3, 0.4) is 0 Å². The first-order valence-electron chi connectivity index (χ1n) is 6.24. The number of esters is 1. The second kappa shape index (κ2) is 7.53. The van der Waals surface area contributed by atoms with E-state index in [0.717, 1.165) is 5.56 Å². The zero-order chi connectivity index (χ0) is 14.3. The second-order valence-electron chi connectivity index (χ2n) is 4.71. The molecular weight excluding hydrogens is 244 g/mol. The number of benzene rings is 1. The average molecular weight is 264 g/mol. The molecule has 1 aromatic rings. The molecule has 5 nitrogen and oxygen atoms in total. The van der Waals surface area contributed by atoms with Crippen molar-refractivity contribution in [3.63, 3.8) is 0 Å².